The van der Waals surface area contributed by atoms with Gasteiger partial charge in [-0.05, 0) is 41.5 Å². The Bertz CT molecular complexity index is 593. The first-order valence-electron chi connectivity index (χ1n) is 5.82. The molecule has 0 bridgehead atoms. The van der Waals surface area contributed by atoms with E-state index in [1.54, 1.807) is 0 Å². The van der Waals surface area contributed by atoms with Crippen LogP contribution in [0.4, 0.5) is 0 Å². The Hall–Kier alpha value is -1.76. The molecule has 4 heteroatoms. The SMILES string of the molecule is O=C(C#Cc1cccs1)NCCc1ccc(Cl)cc1. The Balaban J connectivity index is 1.76. The largest absolute Gasteiger partial charge is 0.345 e. The molecule has 1 amide bonds. The summed E-state index contributed by atoms with van der Waals surface area (Å²) in [5.41, 5.74) is 1.14. The molecule has 0 aliphatic heterocycles. The van der Waals surface area contributed by atoms with Crippen molar-refractivity contribution in [2.75, 3.05) is 6.54 Å². The second-order valence-electron chi connectivity index (χ2n) is 3.86. The predicted octanol–water partition coefficient (Wildman–Crippen LogP) is 3.11. The minimum atomic E-state index is -0.248. The van der Waals surface area contributed by atoms with E-state index in [1.165, 1.54) is 11.3 Å². The summed E-state index contributed by atoms with van der Waals surface area (Å²) >= 11 is 7.32. The fourth-order valence-corrected chi connectivity index (χ4v) is 2.18. The summed E-state index contributed by atoms with van der Waals surface area (Å²) in [5.74, 6) is 5.14. The van der Waals surface area contributed by atoms with Gasteiger partial charge in [-0.15, -0.1) is 11.3 Å². The van der Waals surface area contributed by atoms with Crippen molar-refractivity contribution < 1.29 is 4.79 Å². The summed E-state index contributed by atoms with van der Waals surface area (Å²) in [4.78, 5) is 12.4. The topological polar surface area (TPSA) is 29.1 Å². The van der Waals surface area contributed by atoms with Crippen LogP contribution in [0.25, 0.3) is 0 Å². The van der Waals surface area contributed by atoms with E-state index in [1.807, 2.05) is 41.8 Å². The maximum atomic E-state index is 11.5. The molecule has 2 aromatic rings. The summed E-state index contributed by atoms with van der Waals surface area (Å²) in [5, 5.41) is 5.42. The van der Waals surface area contributed by atoms with Crippen molar-refractivity contribution in [2.24, 2.45) is 0 Å². The molecule has 0 unspecified atom stereocenters. The Kier molecular flexibility index (Phi) is 5.02. The lowest BCUT2D eigenvalue weighted by molar-refractivity contribution is -0.115. The third-order valence-electron chi connectivity index (χ3n) is 2.43. The molecule has 0 saturated heterocycles. The van der Waals surface area contributed by atoms with Crippen molar-refractivity contribution in [2.45, 2.75) is 6.42 Å². The van der Waals surface area contributed by atoms with Gasteiger partial charge < -0.3 is 5.32 Å². The molecule has 2 nitrogen and oxygen atoms in total. The second-order valence-corrected chi connectivity index (χ2v) is 5.24. The molecule has 0 saturated carbocycles. The molecular weight excluding hydrogens is 278 g/mol. The normalized spacial score (nSPS) is 9.53. The van der Waals surface area contributed by atoms with Crippen molar-refractivity contribution >= 4 is 28.8 Å². The number of amides is 1. The number of carbonyl (C=O) groups excluding carboxylic acids is 1. The van der Waals surface area contributed by atoms with Gasteiger partial charge in [-0.2, -0.15) is 0 Å². The first-order valence-corrected chi connectivity index (χ1v) is 7.07. The number of rotatable bonds is 3. The average Bonchev–Trinajstić information content (AvgIpc) is 2.92. The molecule has 1 N–H and O–H groups in total. The highest BCUT2D eigenvalue weighted by molar-refractivity contribution is 7.10. The number of benzene rings is 1. The zero-order valence-corrected chi connectivity index (χ0v) is 11.7. The third kappa shape index (κ3) is 4.78. The van der Waals surface area contributed by atoms with Gasteiger partial charge in [0.05, 0.1) is 4.88 Å². The Morgan fingerprint density at radius 3 is 2.74 bits per heavy atom. The molecule has 0 aliphatic carbocycles. The molecule has 0 atom stereocenters. The number of nitrogens with one attached hydrogen (secondary N) is 1. The van der Waals surface area contributed by atoms with Gasteiger partial charge in [0, 0.05) is 17.5 Å². The lowest BCUT2D eigenvalue weighted by atomic mass is 10.1. The van der Waals surface area contributed by atoms with E-state index < -0.39 is 0 Å². The van der Waals surface area contributed by atoms with Crippen molar-refractivity contribution in [3.8, 4) is 11.8 Å². The number of hydrogen-bond acceptors (Lipinski definition) is 2. The van der Waals surface area contributed by atoms with Gasteiger partial charge >= 0.3 is 0 Å². The van der Waals surface area contributed by atoms with Gasteiger partial charge in [0.2, 0.25) is 0 Å². The number of halogens is 1. The fourth-order valence-electron chi connectivity index (χ4n) is 1.48. The van der Waals surface area contributed by atoms with Crippen molar-refractivity contribution in [3.05, 3.63) is 57.2 Å². The van der Waals surface area contributed by atoms with Crippen LogP contribution < -0.4 is 5.32 Å². The Morgan fingerprint density at radius 1 is 1.26 bits per heavy atom. The van der Waals surface area contributed by atoms with Crippen LogP contribution in [0.5, 0.6) is 0 Å². The van der Waals surface area contributed by atoms with E-state index in [0.717, 1.165) is 21.9 Å². The van der Waals surface area contributed by atoms with E-state index in [-0.39, 0.29) is 5.91 Å². The van der Waals surface area contributed by atoms with Gasteiger partial charge in [0.15, 0.2) is 0 Å². The lowest BCUT2D eigenvalue weighted by Gasteiger charge is -2.01. The van der Waals surface area contributed by atoms with Crippen LogP contribution >= 0.6 is 22.9 Å². The van der Waals surface area contributed by atoms with Crippen molar-refractivity contribution in [1.29, 1.82) is 0 Å². The molecule has 2 rings (SSSR count). The molecule has 1 aromatic carbocycles. The summed E-state index contributed by atoms with van der Waals surface area (Å²) in [7, 11) is 0. The van der Waals surface area contributed by atoms with Crippen LogP contribution in [0.15, 0.2) is 41.8 Å². The van der Waals surface area contributed by atoms with Gasteiger partial charge in [-0.3, -0.25) is 4.79 Å². The third-order valence-corrected chi connectivity index (χ3v) is 3.47. The maximum absolute atomic E-state index is 11.5. The molecule has 96 valence electrons. The Morgan fingerprint density at radius 2 is 2.05 bits per heavy atom. The molecule has 0 fully saturated rings. The van der Waals surface area contributed by atoms with Crippen LogP contribution in [0.3, 0.4) is 0 Å². The predicted molar refractivity (Wildman–Crippen MR) is 79.4 cm³/mol. The van der Waals surface area contributed by atoms with Crippen LogP contribution in [0.2, 0.25) is 5.02 Å². The fraction of sp³-hybridized carbons (Fsp3) is 0.133. The first kappa shape index (κ1) is 13.7. The van der Waals surface area contributed by atoms with Crippen LogP contribution in [-0.2, 0) is 11.2 Å². The summed E-state index contributed by atoms with van der Waals surface area (Å²) in [6.07, 6.45) is 0.767. The van der Waals surface area contributed by atoms with E-state index in [2.05, 4.69) is 17.2 Å². The summed E-state index contributed by atoms with van der Waals surface area (Å²) in [6.45, 7) is 0.569. The molecule has 0 spiro atoms. The van der Waals surface area contributed by atoms with Crippen LogP contribution in [-0.4, -0.2) is 12.5 Å². The lowest BCUT2D eigenvalue weighted by Crippen LogP contribution is -2.23. The average molecular weight is 290 g/mol. The molecule has 19 heavy (non-hydrogen) atoms. The van der Waals surface area contributed by atoms with E-state index >= 15 is 0 Å². The van der Waals surface area contributed by atoms with Gasteiger partial charge in [0.25, 0.3) is 5.91 Å². The minimum Gasteiger partial charge on any atom is -0.345 e. The number of hydrogen-bond donors (Lipinski definition) is 1. The van der Waals surface area contributed by atoms with Gasteiger partial charge in [-0.1, -0.05) is 29.8 Å². The zero-order valence-electron chi connectivity index (χ0n) is 10.2. The van der Waals surface area contributed by atoms with Crippen LogP contribution in [0, 0.1) is 11.8 Å². The highest BCUT2D eigenvalue weighted by atomic mass is 35.5. The molecule has 1 heterocycles. The van der Waals surface area contributed by atoms with Gasteiger partial charge in [0.1, 0.15) is 0 Å². The zero-order chi connectivity index (χ0) is 13.5. The minimum absolute atomic E-state index is 0.248. The summed E-state index contributed by atoms with van der Waals surface area (Å²) < 4.78 is 0. The molecule has 0 radical (unpaired) electrons. The molecule has 0 aliphatic rings. The number of thiophene rings is 1. The van der Waals surface area contributed by atoms with Crippen molar-refractivity contribution in [1.82, 2.24) is 5.32 Å². The first-order chi connectivity index (χ1) is 9.24. The Labute approximate surface area is 121 Å². The van der Waals surface area contributed by atoms with E-state index in [0.29, 0.717) is 6.54 Å². The van der Waals surface area contributed by atoms with Crippen molar-refractivity contribution in [3.63, 3.8) is 0 Å². The number of carbonyl (C=O) groups is 1. The summed E-state index contributed by atoms with van der Waals surface area (Å²) in [6, 6.07) is 11.4. The molecular formula is C15H12ClNOS. The van der Waals surface area contributed by atoms with E-state index in [4.69, 9.17) is 11.6 Å². The smallest absolute Gasteiger partial charge is 0.296 e. The highest BCUT2D eigenvalue weighted by Crippen LogP contribution is 2.09. The monoisotopic (exact) mass is 289 g/mol. The van der Waals surface area contributed by atoms with Gasteiger partial charge in [-0.25, -0.2) is 0 Å². The standard InChI is InChI=1S/C15H12ClNOS/c16-13-5-3-12(4-6-13)9-10-17-15(18)8-7-14-2-1-11-19-14/h1-6,11H,9-10H2,(H,17,18). The highest BCUT2D eigenvalue weighted by Gasteiger charge is 1.97. The molecule has 1 aromatic heterocycles. The van der Waals surface area contributed by atoms with E-state index in [9.17, 15) is 4.79 Å². The van der Waals surface area contributed by atoms with Crippen LogP contribution in [0.1, 0.15) is 10.4 Å². The second kappa shape index (κ2) is 6.98. The quantitative estimate of drug-likeness (QED) is 0.864. The maximum Gasteiger partial charge on any atom is 0.296 e.